The first-order valence-corrected chi connectivity index (χ1v) is 8.04. The summed E-state index contributed by atoms with van der Waals surface area (Å²) in [5.74, 6) is -0.733. The molecule has 3 nitrogen and oxygen atoms in total. The van der Waals surface area contributed by atoms with Crippen molar-refractivity contribution in [2.24, 2.45) is 0 Å². The number of hydrogen-bond acceptors (Lipinski definition) is 2. The molecule has 1 aromatic heterocycles. The lowest BCUT2D eigenvalue weighted by Gasteiger charge is -2.09. The van der Waals surface area contributed by atoms with Gasteiger partial charge in [-0.2, -0.15) is 0 Å². The topological polar surface area (TPSA) is 50.2 Å². The number of aliphatic carboxylic acids is 1. The molecule has 1 heterocycles. The van der Waals surface area contributed by atoms with E-state index in [0.717, 1.165) is 34.0 Å². The molecule has 0 saturated heterocycles. The van der Waals surface area contributed by atoms with E-state index in [-0.39, 0.29) is 6.42 Å². The highest BCUT2D eigenvalue weighted by molar-refractivity contribution is 9.10. The molecular weight excluding hydrogens is 342 g/mol. The molecule has 22 heavy (non-hydrogen) atoms. The Kier molecular flexibility index (Phi) is 6.34. The summed E-state index contributed by atoms with van der Waals surface area (Å²) >= 11 is 3.50. The molecule has 0 amide bonds. The van der Waals surface area contributed by atoms with Crippen LogP contribution in [0.25, 0.3) is 5.57 Å². The third-order valence-corrected chi connectivity index (χ3v) is 3.79. The van der Waals surface area contributed by atoms with Crippen LogP contribution in [-0.2, 0) is 4.79 Å². The lowest BCUT2D eigenvalue weighted by atomic mass is 9.97. The van der Waals surface area contributed by atoms with Crippen molar-refractivity contribution in [2.45, 2.75) is 25.7 Å². The van der Waals surface area contributed by atoms with Gasteiger partial charge in [0.05, 0.1) is 0 Å². The average Bonchev–Trinajstić information content (AvgIpc) is 2.51. The predicted octanol–water partition coefficient (Wildman–Crippen LogP) is 4.92. The number of pyridine rings is 1. The second-order valence-electron chi connectivity index (χ2n) is 5.01. The van der Waals surface area contributed by atoms with Gasteiger partial charge in [0, 0.05) is 28.9 Å². The van der Waals surface area contributed by atoms with Crippen molar-refractivity contribution in [3.63, 3.8) is 0 Å². The van der Waals surface area contributed by atoms with Gasteiger partial charge in [0.2, 0.25) is 0 Å². The third kappa shape index (κ3) is 5.11. The molecule has 0 aliphatic carbocycles. The van der Waals surface area contributed by atoms with Crippen LogP contribution in [0.15, 0.2) is 59.3 Å². The highest BCUT2D eigenvalue weighted by Gasteiger charge is 2.05. The van der Waals surface area contributed by atoms with Gasteiger partial charge in [0.25, 0.3) is 0 Å². The van der Waals surface area contributed by atoms with Gasteiger partial charge in [-0.15, -0.1) is 0 Å². The van der Waals surface area contributed by atoms with Crippen LogP contribution in [0.3, 0.4) is 0 Å². The van der Waals surface area contributed by atoms with Crippen LogP contribution >= 0.6 is 15.9 Å². The molecule has 2 aromatic rings. The first-order valence-electron chi connectivity index (χ1n) is 7.25. The maximum Gasteiger partial charge on any atom is 0.303 e. The third-order valence-electron chi connectivity index (χ3n) is 3.30. The Morgan fingerprint density at radius 1 is 1.18 bits per heavy atom. The first-order chi connectivity index (χ1) is 10.7. The number of halogens is 1. The Bertz CT molecular complexity index is 653. The number of benzene rings is 1. The van der Waals surface area contributed by atoms with Crippen LogP contribution in [0, 0.1) is 0 Å². The highest BCUT2D eigenvalue weighted by Crippen LogP contribution is 2.26. The van der Waals surface area contributed by atoms with Crippen molar-refractivity contribution >= 4 is 27.5 Å². The standard InChI is InChI=1S/C18H18BrNO2/c19-16-8-4-6-14(12-16)17(15-7-5-11-20-13-15)9-2-1-3-10-18(21)22/h4-9,11-13H,1-3,10H2,(H,21,22)/b17-9-. The minimum atomic E-state index is -0.733. The van der Waals surface area contributed by atoms with Crippen molar-refractivity contribution in [2.75, 3.05) is 0 Å². The second kappa shape index (κ2) is 8.49. The zero-order chi connectivity index (χ0) is 15.8. The van der Waals surface area contributed by atoms with E-state index >= 15 is 0 Å². The number of allylic oxidation sites excluding steroid dienone is 1. The molecule has 0 radical (unpaired) electrons. The number of carboxylic acids is 1. The van der Waals surface area contributed by atoms with Gasteiger partial charge in [-0.25, -0.2) is 0 Å². The van der Waals surface area contributed by atoms with E-state index in [1.165, 1.54) is 0 Å². The molecule has 0 saturated carbocycles. The molecule has 114 valence electrons. The van der Waals surface area contributed by atoms with Crippen LogP contribution in [0.5, 0.6) is 0 Å². The Labute approximate surface area is 138 Å². The Balaban J connectivity index is 2.17. The number of hydrogen-bond donors (Lipinski definition) is 1. The lowest BCUT2D eigenvalue weighted by molar-refractivity contribution is -0.137. The number of carboxylic acid groups (broad SMARTS) is 1. The van der Waals surface area contributed by atoms with Gasteiger partial charge in [-0.3, -0.25) is 9.78 Å². The maximum atomic E-state index is 10.5. The largest absolute Gasteiger partial charge is 0.481 e. The summed E-state index contributed by atoms with van der Waals surface area (Å²) in [6.07, 6.45) is 8.42. The molecular formula is C18H18BrNO2. The molecule has 0 fully saturated rings. The smallest absolute Gasteiger partial charge is 0.303 e. The van der Waals surface area contributed by atoms with Gasteiger partial charge in [0.1, 0.15) is 0 Å². The number of rotatable bonds is 7. The van der Waals surface area contributed by atoms with E-state index in [9.17, 15) is 4.79 Å². The second-order valence-corrected chi connectivity index (χ2v) is 5.93. The summed E-state index contributed by atoms with van der Waals surface area (Å²) in [5.41, 5.74) is 3.32. The number of nitrogens with zero attached hydrogens (tertiary/aromatic N) is 1. The molecule has 4 heteroatoms. The lowest BCUT2D eigenvalue weighted by Crippen LogP contribution is -1.93. The monoisotopic (exact) mass is 359 g/mol. The fraction of sp³-hybridized carbons (Fsp3) is 0.222. The fourth-order valence-corrected chi connectivity index (χ4v) is 2.65. The summed E-state index contributed by atoms with van der Waals surface area (Å²) < 4.78 is 1.03. The molecule has 1 aromatic carbocycles. The van der Waals surface area contributed by atoms with Crippen LogP contribution in [0.4, 0.5) is 0 Å². The van der Waals surface area contributed by atoms with Crippen LogP contribution in [0.1, 0.15) is 36.8 Å². The molecule has 0 aliphatic heterocycles. The van der Waals surface area contributed by atoms with Crippen LogP contribution in [0.2, 0.25) is 0 Å². The quantitative estimate of drug-likeness (QED) is 0.713. The molecule has 0 spiro atoms. The van der Waals surface area contributed by atoms with Crippen molar-refractivity contribution in [3.8, 4) is 0 Å². The predicted molar refractivity (Wildman–Crippen MR) is 91.6 cm³/mol. The van der Waals surface area contributed by atoms with Gasteiger partial charge in [-0.1, -0.05) is 40.2 Å². The summed E-state index contributed by atoms with van der Waals surface area (Å²) in [7, 11) is 0. The maximum absolute atomic E-state index is 10.5. The molecule has 0 aliphatic rings. The van der Waals surface area contributed by atoms with Gasteiger partial charge in [0.15, 0.2) is 0 Å². The SMILES string of the molecule is O=C(O)CCCC/C=C(\c1cccnc1)c1cccc(Br)c1. The van der Waals surface area contributed by atoms with Crippen LogP contribution in [-0.4, -0.2) is 16.1 Å². The Morgan fingerprint density at radius 2 is 2.00 bits per heavy atom. The van der Waals surface area contributed by atoms with Gasteiger partial charge < -0.3 is 5.11 Å². The molecule has 0 atom stereocenters. The van der Waals surface area contributed by atoms with Crippen LogP contribution < -0.4 is 0 Å². The minimum absolute atomic E-state index is 0.229. The van der Waals surface area contributed by atoms with Crippen molar-refractivity contribution in [1.82, 2.24) is 4.98 Å². The number of unbranched alkanes of at least 4 members (excludes halogenated alkanes) is 2. The zero-order valence-electron chi connectivity index (χ0n) is 12.2. The van der Waals surface area contributed by atoms with E-state index in [0.29, 0.717) is 6.42 Å². The van der Waals surface area contributed by atoms with E-state index in [1.807, 2.05) is 30.5 Å². The summed E-state index contributed by atoms with van der Waals surface area (Å²) in [4.78, 5) is 14.7. The van der Waals surface area contributed by atoms with Gasteiger partial charge in [-0.05, 0) is 48.6 Å². The molecule has 1 N–H and O–H groups in total. The molecule has 0 bridgehead atoms. The minimum Gasteiger partial charge on any atom is -0.481 e. The highest BCUT2D eigenvalue weighted by atomic mass is 79.9. The zero-order valence-corrected chi connectivity index (χ0v) is 13.8. The van der Waals surface area contributed by atoms with E-state index in [4.69, 9.17) is 5.11 Å². The normalized spacial score (nSPS) is 11.4. The van der Waals surface area contributed by atoms with E-state index in [2.05, 4.69) is 39.1 Å². The Morgan fingerprint density at radius 3 is 2.68 bits per heavy atom. The molecule has 0 unspecified atom stereocenters. The number of aromatic nitrogens is 1. The summed E-state index contributed by atoms with van der Waals surface area (Å²) in [5, 5.41) is 8.68. The van der Waals surface area contributed by atoms with Gasteiger partial charge >= 0.3 is 5.97 Å². The van der Waals surface area contributed by atoms with Crippen molar-refractivity contribution < 1.29 is 9.90 Å². The summed E-state index contributed by atoms with van der Waals surface area (Å²) in [6, 6.07) is 12.1. The number of carbonyl (C=O) groups is 1. The summed E-state index contributed by atoms with van der Waals surface area (Å²) in [6.45, 7) is 0. The Hall–Kier alpha value is -1.94. The van der Waals surface area contributed by atoms with E-state index in [1.54, 1.807) is 6.20 Å². The van der Waals surface area contributed by atoms with Crippen molar-refractivity contribution in [3.05, 3.63) is 70.5 Å². The average molecular weight is 360 g/mol. The van der Waals surface area contributed by atoms with E-state index < -0.39 is 5.97 Å². The van der Waals surface area contributed by atoms with Crippen molar-refractivity contribution in [1.29, 1.82) is 0 Å². The first kappa shape index (κ1) is 16.4. The fourth-order valence-electron chi connectivity index (χ4n) is 2.25. The molecule has 2 rings (SSSR count).